The van der Waals surface area contributed by atoms with Gasteiger partial charge in [-0.2, -0.15) is 0 Å². The van der Waals surface area contributed by atoms with Crippen molar-refractivity contribution in [3.05, 3.63) is 34.2 Å². The number of nitrogens with two attached hydrogens (primary N) is 1. The Kier molecular flexibility index (Phi) is 4.04. The SMILES string of the molecule is CC1CCN(C(=O)c2ccn(C)c(=O)c2)CC1CN. The Labute approximate surface area is 113 Å². The molecule has 19 heavy (non-hydrogen) atoms. The molecule has 0 spiro atoms. The van der Waals surface area contributed by atoms with E-state index in [0.717, 1.165) is 13.0 Å². The van der Waals surface area contributed by atoms with Crippen molar-refractivity contribution in [2.24, 2.45) is 24.6 Å². The molecule has 104 valence electrons. The molecule has 0 aromatic carbocycles. The number of carbonyl (C=O) groups is 1. The van der Waals surface area contributed by atoms with Gasteiger partial charge in [0.05, 0.1) is 0 Å². The monoisotopic (exact) mass is 263 g/mol. The van der Waals surface area contributed by atoms with E-state index < -0.39 is 0 Å². The summed E-state index contributed by atoms with van der Waals surface area (Å²) in [6.07, 6.45) is 2.60. The highest BCUT2D eigenvalue weighted by Gasteiger charge is 2.28. The summed E-state index contributed by atoms with van der Waals surface area (Å²) in [5.74, 6) is 0.838. The number of aryl methyl sites for hydroxylation is 1. The first-order chi connectivity index (χ1) is 9.02. The molecule has 1 aliphatic rings. The fourth-order valence-electron chi connectivity index (χ4n) is 2.50. The van der Waals surface area contributed by atoms with E-state index in [-0.39, 0.29) is 11.5 Å². The maximum atomic E-state index is 12.4. The standard InChI is InChI=1S/C14H21N3O2/c1-10-3-6-17(9-12(10)8-15)14(19)11-4-5-16(2)13(18)7-11/h4-5,7,10,12H,3,6,8-9,15H2,1-2H3. The second kappa shape index (κ2) is 5.57. The Balaban J connectivity index is 2.15. The molecule has 0 radical (unpaired) electrons. The number of pyridine rings is 1. The normalized spacial score (nSPS) is 23.4. The summed E-state index contributed by atoms with van der Waals surface area (Å²) in [5.41, 5.74) is 6.05. The summed E-state index contributed by atoms with van der Waals surface area (Å²) in [4.78, 5) is 25.8. The van der Waals surface area contributed by atoms with E-state index in [1.165, 1.54) is 10.6 Å². The molecule has 5 nitrogen and oxygen atoms in total. The van der Waals surface area contributed by atoms with Gasteiger partial charge in [-0.1, -0.05) is 6.92 Å². The Morgan fingerprint density at radius 3 is 2.89 bits per heavy atom. The maximum absolute atomic E-state index is 12.4. The van der Waals surface area contributed by atoms with Crippen LogP contribution in [0.1, 0.15) is 23.7 Å². The summed E-state index contributed by atoms with van der Waals surface area (Å²) < 4.78 is 1.46. The van der Waals surface area contributed by atoms with Crippen LogP contribution in [0.15, 0.2) is 23.1 Å². The molecule has 2 N–H and O–H groups in total. The minimum absolute atomic E-state index is 0.0666. The number of aromatic nitrogens is 1. The third-order valence-corrected chi connectivity index (χ3v) is 4.06. The summed E-state index contributed by atoms with van der Waals surface area (Å²) >= 11 is 0. The molecule has 1 amide bonds. The predicted molar refractivity (Wildman–Crippen MR) is 73.9 cm³/mol. The Bertz CT molecular complexity index is 524. The molecule has 0 bridgehead atoms. The van der Waals surface area contributed by atoms with Gasteiger partial charge in [0.15, 0.2) is 0 Å². The number of hydrogen-bond acceptors (Lipinski definition) is 3. The molecule has 1 aromatic rings. The number of nitrogens with zero attached hydrogens (tertiary/aromatic N) is 2. The average Bonchev–Trinajstić information content (AvgIpc) is 2.41. The molecule has 1 fully saturated rings. The second-order valence-electron chi connectivity index (χ2n) is 5.38. The van der Waals surface area contributed by atoms with Gasteiger partial charge in [-0.05, 0) is 30.9 Å². The van der Waals surface area contributed by atoms with Gasteiger partial charge in [-0.3, -0.25) is 9.59 Å². The van der Waals surface area contributed by atoms with Crippen LogP contribution < -0.4 is 11.3 Å². The summed E-state index contributed by atoms with van der Waals surface area (Å²) in [5, 5.41) is 0. The lowest BCUT2D eigenvalue weighted by Crippen LogP contribution is -2.45. The topological polar surface area (TPSA) is 68.3 Å². The van der Waals surface area contributed by atoms with Crippen LogP contribution in [0.5, 0.6) is 0 Å². The van der Waals surface area contributed by atoms with Crippen molar-refractivity contribution in [2.75, 3.05) is 19.6 Å². The van der Waals surface area contributed by atoms with Crippen LogP contribution in [0.4, 0.5) is 0 Å². The third kappa shape index (κ3) is 2.87. The Hall–Kier alpha value is -1.62. The van der Waals surface area contributed by atoms with Crippen molar-refractivity contribution in [1.29, 1.82) is 0 Å². The lowest BCUT2D eigenvalue weighted by atomic mass is 9.87. The van der Waals surface area contributed by atoms with Crippen LogP contribution in [0.25, 0.3) is 0 Å². The summed E-state index contributed by atoms with van der Waals surface area (Å²) in [6, 6.07) is 3.09. The zero-order valence-electron chi connectivity index (χ0n) is 11.5. The first kappa shape index (κ1) is 13.8. The molecular formula is C14H21N3O2. The smallest absolute Gasteiger partial charge is 0.254 e. The number of hydrogen-bond donors (Lipinski definition) is 1. The van der Waals surface area contributed by atoms with E-state index in [2.05, 4.69) is 6.92 Å². The van der Waals surface area contributed by atoms with Gasteiger partial charge in [0.2, 0.25) is 0 Å². The first-order valence-electron chi connectivity index (χ1n) is 6.69. The van der Waals surface area contributed by atoms with Gasteiger partial charge >= 0.3 is 0 Å². The zero-order valence-corrected chi connectivity index (χ0v) is 11.5. The van der Waals surface area contributed by atoms with Gasteiger partial charge in [0.25, 0.3) is 11.5 Å². The van der Waals surface area contributed by atoms with Gasteiger partial charge in [0, 0.05) is 38.0 Å². The minimum atomic E-state index is -0.161. The van der Waals surface area contributed by atoms with Crippen LogP contribution >= 0.6 is 0 Å². The summed E-state index contributed by atoms with van der Waals surface area (Å²) in [7, 11) is 1.67. The number of rotatable bonds is 2. The molecule has 2 heterocycles. The highest BCUT2D eigenvalue weighted by Crippen LogP contribution is 2.23. The fourth-order valence-corrected chi connectivity index (χ4v) is 2.50. The first-order valence-corrected chi connectivity index (χ1v) is 6.69. The van der Waals surface area contributed by atoms with Crippen LogP contribution in [0.3, 0.4) is 0 Å². The van der Waals surface area contributed by atoms with Crippen LogP contribution in [0, 0.1) is 11.8 Å². The summed E-state index contributed by atoms with van der Waals surface area (Å²) in [6.45, 7) is 4.20. The van der Waals surface area contributed by atoms with Crippen molar-refractivity contribution in [2.45, 2.75) is 13.3 Å². The fraction of sp³-hybridized carbons (Fsp3) is 0.571. The molecule has 1 aromatic heterocycles. The zero-order chi connectivity index (χ0) is 14.0. The Morgan fingerprint density at radius 2 is 2.26 bits per heavy atom. The van der Waals surface area contributed by atoms with Gasteiger partial charge in [-0.15, -0.1) is 0 Å². The lowest BCUT2D eigenvalue weighted by molar-refractivity contribution is 0.0618. The molecule has 1 aliphatic heterocycles. The maximum Gasteiger partial charge on any atom is 0.254 e. The minimum Gasteiger partial charge on any atom is -0.338 e. The Morgan fingerprint density at radius 1 is 1.53 bits per heavy atom. The largest absolute Gasteiger partial charge is 0.338 e. The van der Waals surface area contributed by atoms with Crippen LogP contribution in [-0.4, -0.2) is 35.0 Å². The van der Waals surface area contributed by atoms with Gasteiger partial charge in [-0.25, -0.2) is 0 Å². The molecule has 0 saturated carbocycles. The van der Waals surface area contributed by atoms with Crippen molar-refractivity contribution in [3.8, 4) is 0 Å². The number of amides is 1. The highest BCUT2D eigenvalue weighted by molar-refractivity contribution is 5.94. The van der Waals surface area contributed by atoms with Crippen LogP contribution in [0.2, 0.25) is 0 Å². The van der Waals surface area contributed by atoms with Gasteiger partial charge < -0.3 is 15.2 Å². The average molecular weight is 263 g/mol. The van der Waals surface area contributed by atoms with Crippen molar-refractivity contribution < 1.29 is 4.79 Å². The molecule has 2 rings (SSSR count). The van der Waals surface area contributed by atoms with E-state index >= 15 is 0 Å². The van der Waals surface area contributed by atoms with E-state index in [1.807, 2.05) is 4.90 Å². The van der Waals surface area contributed by atoms with Crippen molar-refractivity contribution in [1.82, 2.24) is 9.47 Å². The van der Waals surface area contributed by atoms with Crippen LogP contribution in [-0.2, 0) is 7.05 Å². The number of carbonyl (C=O) groups excluding carboxylic acids is 1. The lowest BCUT2D eigenvalue weighted by Gasteiger charge is -2.36. The van der Waals surface area contributed by atoms with E-state index in [4.69, 9.17) is 5.73 Å². The van der Waals surface area contributed by atoms with E-state index in [1.54, 1.807) is 19.3 Å². The molecule has 2 unspecified atom stereocenters. The molecule has 2 atom stereocenters. The second-order valence-corrected chi connectivity index (χ2v) is 5.38. The van der Waals surface area contributed by atoms with E-state index in [0.29, 0.717) is 30.5 Å². The van der Waals surface area contributed by atoms with Crippen molar-refractivity contribution >= 4 is 5.91 Å². The molecular weight excluding hydrogens is 242 g/mol. The van der Waals surface area contributed by atoms with E-state index in [9.17, 15) is 9.59 Å². The number of piperidine rings is 1. The van der Waals surface area contributed by atoms with Crippen molar-refractivity contribution in [3.63, 3.8) is 0 Å². The molecule has 5 heteroatoms. The molecule has 0 aliphatic carbocycles. The highest BCUT2D eigenvalue weighted by atomic mass is 16.2. The predicted octanol–water partition coefficient (Wildman–Crippen LogP) is 0.442. The molecule has 1 saturated heterocycles. The number of likely N-dealkylation sites (tertiary alicyclic amines) is 1. The quantitative estimate of drug-likeness (QED) is 0.842. The third-order valence-electron chi connectivity index (χ3n) is 4.06. The van der Waals surface area contributed by atoms with Gasteiger partial charge in [0.1, 0.15) is 0 Å².